The van der Waals surface area contributed by atoms with Gasteiger partial charge in [0.1, 0.15) is 4.88 Å². The van der Waals surface area contributed by atoms with Gasteiger partial charge >= 0.3 is 5.97 Å². The van der Waals surface area contributed by atoms with Crippen LogP contribution in [-0.4, -0.2) is 40.2 Å². The maximum Gasteiger partial charge on any atom is 0.346 e. The van der Waals surface area contributed by atoms with E-state index in [0.29, 0.717) is 10.6 Å². The van der Waals surface area contributed by atoms with E-state index in [2.05, 4.69) is 5.32 Å². The van der Waals surface area contributed by atoms with Crippen LogP contribution in [0.3, 0.4) is 0 Å². The molecule has 21 heavy (non-hydrogen) atoms. The van der Waals surface area contributed by atoms with Crippen molar-refractivity contribution in [2.45, 2.75) is 26.2 Å². The van der Waals surface area contributed by atoms with Crippen molar-refractivity contribution in [1.82, 2.24) is 4.90 Å². The molecule has 0 atom stereocenters. The van der Waals surface area contributed by atoms with Gasteiger partial charge in [-0.2, -0.15) is 0 Å². The van der Waals surface area contributed by atoms with Crippen LogP contribution in [0.15, 0.2) is 6.07 Å². The lowest BCUT2D eigenvalue weighted by atomic mass is 10.3. The summed E-state index contributed by atoms with van der Waals surface area (Å²) in [5.41, 5.74) is 0.577. The van der Waals surface area contributed by atoms with E-state index in [0.717, 1.165) is 16.2 Å². The van der Waals surface area contributed by atoms with Crippen molar-refractivity contribution in [2.75, 3.05) is 11.9 Å². The number of carbonyl (C=O) groups is 4. The van der Waals surface area contributed by atoms with Crippen LogP contribution in [0.25, 0.3) is 0 Å². The summed E-state index contributed by atoms with van der Waals surface area (Å²) in [6.45, 7) is 1.71. The summed E-state index contributed by atoms with van der Waals surface area (Å²) in [6, 6.07) is 1.58. The van der Waals surface area contributed by atoms with Crippen LogP contribution < -0.4 is 5.32 Å². The van der Waals surface area contributed by atoms with Crippen LogP contribution in [0.4, 0.5) is 5.00 Å². The Labute approximate surface area is 124 Å². The maximum atomic E-state index is 11.8. The third kappa shape index (κ3) is 3.46. The molecule has 0 saturated carbocycles. The number of carboxylic acid groups (broad SMARTS) is 1. The van der Waals surface area contributed by atoms with E-state index in [4.69, 9.17) is 5.11 Å². The molecule has 1 aromatic rings. The number of aromatic carboxylic acids is 1. The molecule has 2 N–H and O–H groups in total. The number of aryl methyl sites for hydroxylation is 1. The Bertz CT molecular complexity index is 606. The summed E-state index contributed by atoms with van der Waals surface area (Å²) in [4.78, 5) is 46.7. The second-order valence-electron chi connectivity index (χ2n) is 4.67. The molecule has 112 valence electrons. The predicted molar refractivity (Wildman–Crippen MR) is 75.2 cm³/mol. The Balaban J connectivity index is 1.90. The van der Waals surface area contributed by atoms with Crippen LogP contribution in [0, 0.1) is 6.92 Å². The molecule has 0 unspecified atom stereocenters. The molecule has 3 amide bonds. The van der Waals surface area contributed by atoms with Gasteiger partial charge in [0.25, 0.3) is 0 Å². The first kappa shape index (κ1) is 15.2. The highest BCUT2D eigenvalue weighted by molar-refractivity contribution is 7.18. The second kappa shape index (κ2) is 6.04. The quantitative estimate of drug-likeness (QED) is 0.796. The van der Waals surface area contributed by atoms with E-state index < -0.39 is 5.97 Å². The first-order chi connectivity index (χ1) is 9.88. The van der Waals surface area contributed by atoms with Gasteiger partial charge in [-0.3, -0.25) is 19.3 Å². The molecule has 0 aliphatic carbocycles. The summed E-state index contributed by atoms with van der Waals surface area (Å²) in [5.74, 6) is -1.91. The molecule has 0 spiro atoms. The number of nitrogens with one attached hydrogen (secondary N) is 1. The highest BCUT2D eigenvalue weighted by Gasteiger charge is 2.28. The van der Waals surface area contributed by atoms with Gasteiger partial charge in [-0.15, -0.1) is 11.3 Å². The number of rotatable bonds is 5. The Morgan fingerprint density at radius 3 is 2.48 bits per heavy atom. The summed E-state index contributed by atoms with van der Waals surface area (Å²) >= 11 is 0.976. The number of amides is 3. The van der Waals surface area contributed by atoms with E-state index in [-0.39, 0.29) is 48.4 Å². The van der Waals surface area contributed by atoms with Gasteiger partial charge in [0, 0.05) is 25.8 Å². The Hall–Kier alpha value is -2.22. The van der Waals surface area contributed by atoms with E-state index in [1.54, 1.807) is 13.0 Å². The van der Waals surface area contributed by atoms with Gasteiger partial charge in [-0.25, -0.2) is 4.79 Å². The molecule has 2 heterocycles. The summed E-state index contributed by atoms with van der Waals surface area (Å²) in [5, 5.41) is 12.0. The lowest BCUT2D eigenvalue weighted by Crippen LogP contribution is -2.32. The molecule has 1 saturated heterocycles. The average molecular weight is 310 g/mol. The number of anilines is 1. The van der Waals surface area contributed by atoms with Gasteiger partial charge in [0.2, 0.25) is 17.7 Å². The van der Waals surface area contributed by atoms with Gasteiger partial charge in [-0.05, 0) is 18.6 Å². The lowest BCUT2D eigenvalue weighted by molar-refractivity contribution is -0.138. The molecular formula is C13H14N2O5S. The summed E-state index contributed by atoms with van der Waals surface area (Å²) in [6.07, 6.45) is 0.399. The van der Waals surface area contributed by atoms with Crippen LogP contribution >= 0.6 is 11.3 Å². The fourth-order valence-electron chi connectivity index (χ4n) is 2.04. The third-order valence-corrected chi connectivity index (χ3v) is 4.23. The topological polar surface area (TPSA) is 104 Å². The van der Waals surface area contributed by atoms with E-state index in [9.17, 15) is 19.2 Å². The molecule has 0 aromatic carbocycles. The maximum absolute atomic E-state index is 11.8. The number of nitrogens with zero attached hydrogens (tertiary/aromatic N) is 1. The predicted octanol–water partition coefficient (Wildman–Crippen LogP) is 1.23. The van der Waals surface area contributed by atoms with Crippen LogP contribution in [0.5, 0.6) is 0 Å². The Kier molecular flexibility index (Phi) is 4.37. The van der Waals surface area contributed by atoms with Crippen molar-refractivity contribution >= 4 is 40.0 Å². The largest absolute Gasteiger partial charge is 0.477 e. The standard InChI is InChI=1S/C13H14N2O5S/c1-7-6-9(21-12(7)13(19)20)14-8(16)4-5-15-10(17)2-3-11(15)18/h6H,2-5H2,1H3,(H,14,16)(H,19,20). The minimum atomic E-state index is -1.04. The van der Waals surface area contributed by atoms with E-state index >= 15 is 0 Å². The highest BCUT2D eigenvalue weighted by Crippen LogP contribution is 2.26. The molecule has 1 aliphatic heterocycles. The van der Waals surface area contributed by atoms with Crippen molar-refractivity contribution in [2.24, 2.45) is 0 Å². The van der Waals surface area contributed by atoms with Crippen molar-refractivity contribution in [3.8, 4) is 0 Å². The smallest absolute Gasteiger partial charge is 0.346 e. The lowest BCUT2D eigenvalue weighted by Gasteiger charge is -2.12. The molecule has 1 aromatic heterocycles. The van der Waals surface area contributed by atoms with Crippen LogP contribution in [-0.2, 0) is 14.4 Å². The number of carboxylic acids is 1. The minimum absolute atomic E-state index is 0.00314. The Morgan fingerprint density at radius 1 is 1.33 bits per heavy atom. The zero-order valence-electron chi connectivity index (χ0n) is 11.3. The molecule has 2 rings (SSSR count). The number of likely N-dealkylation sites (tertiary alicyclic amines) is 1. The van der Waals surface area contributed by atoms with Crippen molar-refractivity contribution < 1.29 is 24.3 Å². The average Bonchev–Trinajstić information content (AvgIpc) is 2.91. The number of thiophene rings is 1. The number of hydrogen-bond acceptors (Lipinski definition) is 5. The van der Waals surface area contributed by atoms with E-state index in [1.165, 1.54) is 0 Å². The normalized spacial score (nSPS) is 14.6. The molecule has 0 bridgehead atoms. The molecule has 8 heteroatoms. The van der Waals surface area contributed by atoms with Gasteiger partial charge in [0.05, 0.1) is 5.00 Å². The van der Waals surface area contributed by atoms with Gasteiger partial charge < -0.3 is 10.4 Å². The molecular weight excluding hydrogens is 296 g/mol. The van der Waals surface area contributed by atoms with Crippen molar-refractivity contribution in [3.05, 3.63) is 16.5 Å². The molecule has 1 aliphatic rings. The highest BCUT2D eigenvalue weighted by atomic mass is 32.1. The van der Waals surface area contributed by atoms with Crippen molar-refractivity contribution in [1.29, 1.82) is 0 Å². The number of carbonyl (C=O) groups excluding carboxylic acids is 3. The molecule has 0 radical (unpaired) electrons. The monoisotopic (exact) mass is 310 g/mol. The van der Waals surface area contributed by atoms with Crippen LogP contribution in [0.1, 0.15) is 34.5 Å². The van der Waals surface area contributed by atoms with Gasteiger partial charge in [0.15, 0.2) is 0 Å². The fourth-order valence-corrected chi connectivity index (χ4v) is 2.97. The third-order valence-electron chi connectivity index (χ3n) is 3.09. The fraction of sp³-hybridized carbons (Fsp3) is 0.385. The van der Waals surface area contributed by atoms with E-state index in [1.807, 2.05) is 0 Å². The Morgan fingerprint density at radius 2 is 1.95 bits per heavy atom. The zero-order valence-corrected chi connectivity index (χ0v) is 12.2. The SMILES string of the molecule is Cc1cc(NC(=O)CCN2C(=O)CCC2=O)sc1C(=O)O. The first-order valence-corrected chi connectivity index (χ1v) is 7.17. The molecule has 1 fully saturated rings. The summed E-state index contributed by atoms with van der Waals surface area (Å²) < 4.78 is 0. The minimum Gasteiger partial charge on any atom is -0.477 e. The first-order valence-electron chi connectivity index (χ1n) is 6.35. The van der Waals surface area contributed by atoms with Crippen molar-refractivity contribution in [3.63, 3.8) is 0 Å². The zero-order chi connectivity index (χ0) is 15.6. The number of imide groups is 1. The number of hydrogen-bond donors (Lipinski definition) is 2. The van der Waals surface area contributed by atoms with Crippen LogP contribution in [0.2, 0.25) is 0 Å². The summed E-state index contributed by atoms with van der Waals surface area (Å²) in [7, 11) is 0. The second-order valence-corrected chi connectivity index (χ2v) is 5.72. The van der Waals surface area contributed by atoms with Gasteiger partial charge in [-0.1, -0.05) is 0 Å². The molecule has 7 nitrogen and oxygen atoms in total.